The Labute approximate surface area is 228 Å². The first-order chi connectivity index (χ1) is 16.8. The van der Waals surface area contributed by atoms with Gasteiger partial charge in [-0.1, -0.05) is 0 Å². The van der Waals surface area contributed by atoms with Gasteiger partial charge in [-0.3, -0.25) is 0 Å². The van der Waals surface area contributed by atoms with Gasteiger partial charge in [0.15, 0.2) is 0 Å². The molecular formula is C32H44Cl2SiZr. The van der Waals surface area contributed by atoms with Crippen molar-refractivity contribution in [3.8, 4) is 0 Å². The second kappa shape index (κ2) is 9.97. The van der Waals surface area contributed by atoms with Gasteiger partial charge < -0.3 is 0 Å². The van der Waals surface area contributed by atoms with Crippen molar-refractivity contribution in [3.63, 3.8) is 0 Å². The molecule has 2 aromatic carbocycles. The molecule has 0 bridgehead atoms. The van der Waals surface area contributed by atoms with Crippen molar-refractivity contribution in [2.24, 2.45) is 0 Å². The number of benzene rings is 2. The number of hydrogen-bond acceptors (Lipinski definition) is 0. The number of fused-ring (bicyclic) bond motifs is 2. The van der Waals surface area contributed by atoms with E-state index in [-0.39, 0.29) is 7.25 Å². The predicted octanol–water partition coefficient (Wildman–Crippen LogP) is 11.2. The Morgan fingerprint density at radius 1 is 0.694 bits per heavy atom. The molecule has 0 saturated heterocycles. The Morgan fingerprint density at radius 3 is 1.36 bits per heavy atom. The summed E-state index contributed by atoms with van der Waals surface area (Å²) in [5, 5.41) is 0. The number of halogens is 2. The molecule has 0 saturated carbocycles. The third-order valence-electron chi connectivity index (χ3n) is 9.14. The summed E-state index contributed by atoms with van der Waals surface area (Å²) in [6.45, 7) is 23.1. The summed E-state index contributed by atoms with van der Waals surface area (Å²) in [5.41, 5.74) is 13.1. The van der Waals surface area contributed by atoms with Crippen molar-refractivity contribution >= 4 is 34.6 Å². The Balaban J connectivity index is 2.16. The van der Waals surface area contributed by atoms with E-state index in [0.29, 0.717) is 11.8 Å². The molecule has 2 atom stereocenters. The molecule has 4 rings (SSSR count). The quantitative estimate of drug-likeness (QED) is 0.283. The molecule has 36 heavy (non-hydrogen) atoms. The molecule has 2 aromatic rings. The Bertz CT molecular complexity index is 1270. The molecule has 0 aliphatic heterocycles. The molecule has 0 fully saturated rings. The van der Waals surface area contributed by atoms with Gasteiger partial charge in [-0.05, 0) is 0 Å². The van der Waals surface area contributed by atoms with Crippen LogP contribution in [0, 0.1) is 13.8 Å². The van der Waals surface area contributed by atoms with E-state index >= 15 is 0 Å². The molecule has 0 N–H and O–H groups in total. The summed E-state index contributed by atoms with van der Waals surface area (Å²) in [6.07, 6.45) is 4.91. The molecule has 0 aromatic heterocycles. The fourth-order valence-corrected chi connectivity index (χ4v) is 56.6. The van der Waals surface area contributed by atoms with Crippen LogP contribution >= 0.6 is 17.0 Å². The van der Waals surface area contributed by atoms with Crippen molar-refractivity contribution < 1.29 is 15.0 Å². The Hall–Kier alpha value is -0.400. The van der Waals surface area contributed by atoms with Gasteiger partial charge in [0.2, 0.25) is 0 Å². The normalized spacial score (nSPS) is 19.5. The molecule has 0 spiro atoms. The zero-order valence-corrected chi connectivity index (χ0v) is 28.9. The van der Waals surface area contributed by atoms with Crippen LogP contribution < -0.4 is 0 Å². The van der Waals surface area contributed by atoms with E-state index in [1.807, 2.05) is 0 Å². The third-order valence-corrected chi connectivity index (χ3v) is 54.3. The first-order valence-corrected chi connectivity index (χ1v) is 28.6. The van der Waals surface area contributed by atoms with E-state index in [1.54, 1.807) is 0 Å². The standard InChI is InChI=1S/2C14H17.C4H10Si.2ClH.Zr/c2*1-9(2)12-6-5-11(4)13-7-10(3)8-14(12)13;1-3-5-4-2;;;/h2*5-9H,1-4H3;3-4H2,1-2H3;2*1H;/q;;;;;+2/p-2. The average Bonchev–Trinajstić information content (AvgIpc) is 3.33. The molecule has 2 aliphatic rings. The second-order valence-electron chi connectivity index (χ2n) is 12.0. The minimum absolute atomic E-state index is 0.179. The van der Waals surface area contributed by atoms with Crippen molar-refractivity contribution in [1.82, 2.24) is 0 Å². The Morgan fingerprint density at radius 2 is 1.06 bits per heavy atom. The van der Waals surface area contributed by atoms with Crippen LogP contribution in [0.1, 0.15) is 119 Å². The molecule has 2 aliphatic carbocycles. The first-order valence-electron chi connectivity index (χ1n) is 13.8. The molecule has 2 unspecified atom stereocenters. The maximum absolute atomic E-state index is 8.57. The fourth-order valence-electron chi connectivity index (χ4n) is 7.56. The van der Waals surface area contributed by atoms with Gasteiger partial charge in [-0.15, -0.1) is 0 Å². The van der Waals surface area contributed by atoms with Gasteiger partial charge in [-0.2, -0.15) is 0 Å². The first kappa shape index (κ1) is 28.6. The summed E-state index contributed by atoms with van der Waals surface area (Å²) >= 11 is -4.69. The third kappa shape index (κ3) is 4.08. The number of rotatable bonds is 6. The molecule has 0 heterocycles. The zero-order valence-electron chi connectivity index (χ0n) is 23.9. The molecule has 4 heteroatoms. The maximum atomic E-state index is 8.57. The van der Waals surface area contributed by atoms with Crippen LogP contribution in [-0.4, -0.2) is 5.43 Å². The van der Waals surface area contributed by atoms with Crippen LogP contribution in [0.4, 0.5) is 0 Å². The van der Waals surface area contributed by atoms with Gasteiger partial charge in [0.1, 0.15) is 0 Å². The fraction of sp³-hybridized carbons (Fsp3) is 0.500. The SMILES string of the molecule is CC[Si](CC)=[Zr]([Cl])([Cl])([CH]1C(C)=Cc2c(C(C)C)ccc(C)c21)[CH]1C(C)=Cc2c(C(C)C)ccc(C)c21. The van der Waals surface area contributed by atoms with Gasteiger partial charge in [-0.25, -0.2) is 0 Å². The van der Waals surface area contributed by atoms with E-state index in [2.05, 4.69) is 106 Å². The van der Waals surface area contributed by atoms with Crippen LogP contribution in [0.25, 0.3) is 12.2 Å². The van der Waals surface area contributed by atoms with Crippen LogP contribution in [-0.2, 0) is 15.0 Å². The molecule has 0 radical (unpaired) electrons. The molecule has 194 valence electrons. The molecular weight excluding hydrogens is 575 g/mol. The number of hydrogen-bond donors (Lipinski definition) is 0. The minimum atomic E-state index is -4.69. The van der Waals surface area contributed by atoms with E-state index in [1.165, 1.54) is 55.7 Å². The van der Waals surface area contributed by atoms with E-state index < -0.39 is 20.4 Å². The van der Waals surface area contributed by atoms with Crippen molar-refractivity contribution in [1.29, 1.82) is 0 Å². The average molecular weight is 619 g/mol. The van der Waals surface area contributed by atoms with Crippen molar-refractivity contribution in [3.05, 3.63) is 79.9 Å². The summed E-state index contributed by atoms with van der Waals surface area (Å²) in [6, 6.07) is 11.6. The summed E-state index contributed by atoms with van der Waals surface area (Å²) in [7, 11) is 17.1. The molecule has 0 amide bonds. The van der Waals surface area contributed by atoms with Crippen molar-refractivity contribution in [2.45, 2.75) is 100 Å². The molecule has 0 nitrogen and oxygen atoms in total. The summed E-state index contributed by atoms with van der Waals surface area (Å²) in [5.74, 6) is 0.945. The van der Waals surface area contributed by atoms with Crippen LogP contribution in [0.15, 0.2) is 35.4 Å². The monoisotopic (exact) mass is 616 g/mol. The number of aryl methyl sites for hydroxylation is 2. The second-order valence-corrected chi connectivity index (χ2v) is 49.3. The van der Waals surface area contributed by atoms with Gasteiger partial charge in [0.25, 0.3) is 0 Å². The van der Waals surface area contributed by atoms with Crippen LogP contribution in [0.3, 0.4) is 0 Å². The number of allylic oxidation sites excluding steroid dienone is 2. The van der Waals surface area contributed by atoms with Crippen molar-refractivity contribution in [2.75, 3.05) is 0 Å². The summed E-state index contributed by atoms with van der Waals surface area (Å²) in [4.78, 5) is 0. The summed E-state index contributed by atoms with van der Waals surface area (Å²) < 4.78 is 0.359. The van der Waals surface area contributed by atoms with E-state index in [9.17, 15) is 0 Å². The predicted molar refractivity (Wildman–Crippen MR) is 162 cm³/mol. The van der Waals surface area contributed by atoms with Gasteiger partial charge in [0.05, 0.1) is 0 Å². The van der Waals surface area contributed by atoms with Crippen LogP contribution in [0.2, 0.25) is 12.1 Å². The van der Waals surface area contributed by atoms with E-state index in [0.717, 1.165) is 12.1 Å². The zero-order chi connectivity index (χ0) is 26.8. The van der Waals surface area contributed by atoms with Crippen LogP contribution in [0.5, 0.6) is 0 Å². The topological polar surface area (TPSA) is 0 Å². The Kier molecular flexibility index (Phi) is 7.92. The van der Waals surface area contributed by atoms with Gasteiger partial charge in [0, 0.05) is 0 Å². The van der Waals surface area contributed by atoms with E-state index in [4.69, 9.17) is 17.0 Å². The van der Waals surface area contributed by atoms with Gasteiger partial charge >= 0.3 is 230 Å².